The fraction of sp³-hybridized carbons (Fsp3) is 0.200. The number of thioether (sulfide) groups is 1. The van der Waals surface area contributed by atoms with Gasteiger partial charge < -0.3 is 5.32 Å². The Hall–Kier alpha value is -0.790. The number of carbonyl (C=O) groups is 3. The van der Waals surface area contributed by atoms with Crippen molar-refractivity contribution in [2.45, 2.75) is 23.2 Å². The third-order valence-electron chi connectivity index (χ3n) is 4.98. The highest BCUT2D eigenvalue weighted by atomic mass is 79.9. The highest BCUT2D eigenvalue weighted by Crippen LogP contribution is 2.46. The number of hydrogen-bond donors (Lipinski definition) is 1. The number of fused-ring (bicyclic) bond motifs is 2. The Morgan fingerprint density at radius 1 is 1.06 bits per heavy atom. The molecule has 32 heavy (non-hydrogen) atoms. The number of halogens is 4. The molecular weight excluding hydrogens is 714 g/mol. The maximum Gasteiger partial charge on any atom is 0.267 e. The number of anilines is 1. The Labute approximate surface area is 224 Å². The first-order chi connectivity index (χ1) is 15.3. The van der Waals surface area contributed by atoms with Gasteiger partial charge in [-0.2, -0.15) is 0 Å². The molecule has 0 unspecified atom stereocenters. The van der Waals surface area contributed by atoms with E-state index in [1.54, 1.807) is 18.2 Å². The van der Waals surface area contributed by atoms with Gasteiger partial charge in [-0.15, -0.1) is 11.3 Å². The molecule has 1 aliphatic heterocycles. The number of aromatic nitrogens is 1. The van der Waals surface area contributed by atoms with Gasteiger partial charge in [-0.1, -0.05) is 11.8 Å². The predicted octanol–water partition coefficient (Wildman–Crippen LogP) is 6.52. The quantitative estimate of drug-likeness (QED) is 0.140. The van der Waals surface area contributed by atoms with E-state index in [1.807, 2.05) is 0 Å². The average molecular weight is 725 g/mol. The van der Waals surface area contributed by atoms with E-state index in [0.717, 1.165) is 27.4 Å². The standard InChI is InChI=1S/C20H11Br4N3O3S2/c21-14-12-13(15(22)17(24)16(14)23)19(30)27(18(12)29)8-3-4-9-10(5-8)32-20(26-9)31-6-11(28)25-7-1-2-7/h3-5,7H,1-2,6H2,(H,25,28). The Bertz CT molecular complexity index is 1290. The van der Waals surface area contributed by atoms with Crippen molar-refractivity contribution in [1.29, 1.82) is 0 Å². The van der Waals surface area contributed by atoms with Crippen molar-refractivity contribution >= 4 is 120 Å². The third kappa shape index (κ3) is 4.00. The van der Waals surface area contributed by atoms with Gasteiger partial charge >= 0.3 is 0 Å². The van der Waals surface area contributed by atoms with Crippen molar-refractivity contribution in [3.63, 3.8) is 0 Å². The van der Waals surface area contributed by atoms with Crippen molar-refractivity contribution in [2.75, 3.05) is 10.7 Å². The molecule has 1 N–H and O–H groups in total. The van der Waals surface area contributed by atoms with Crippen LogP contribution in [0.25, 0.3) is 10.2 Å². The summed E-state index contributed by atoms with van der Waals surface area (Å²) in [6.45, 7) is 0. The van der Waals surface area contributed by atoms with Crippen LogP contribution in [0, 0.1) is 0 Å². The largest absolute Gasteiger partial charge is 0.353 e. The Morgan fingerprint density at radius 2 is 1.69 bits per heavy atom. The summed E-state index contributed by atoms with van der Waals surface area (Å²) >= 11 is 16.6. The molecule has 0 atom stereocenters. The molecule has 164 valence electrons. The minimum Gasteiger partial charge on any atom is -0.353 e. The molecule has 2 aliphatic rings. The van der Waals surface area contributed by atoms with Crippen molar-refractivity contribution in [3.05, 3.63) is 47.2 Å². The highest BCUT2D eigenvalue weighted by Gasteiger charge is 2.42. The molecular formula is C20H11Br4N3O3S2. The van der Waals surface area contributed by atoms with Gasteiger partial charge in [-0.05, 0) is 94.8 Å². The number of hydrogen-bond acceptors (Lipinski definition) is 6. The molecule has 3 aromatic rings. The van der Waals surface area contributed by atoms with Crippen molar-refractivity contribution in [2.24, 2.45) is 0 Å². The lowest BCUT2D eigenvalue weighted by Gasteiger charge is -2.13. The molecule has 1 aliphatic carbocycles. The van der Waals surface area contributed by atoms with E-state index in [9.17, 15) is 14.4 Å². The zero-order valence-corrected chi connectivity index (χ0v) is 23.9. The normalized spacial score (nSPS) is 15.6. The number of rotatable bonds is 5. The van der Waals surface area contributed by atoms with Crippen LogP contribution in [-0.4, -0.2) is 34.5 Å². The maximum absolute atomic E-state index is 13.2. The molecule has 0 spiro atoms. The van der Waals surface area contributed by atoms with Crippen LogP contribution in [0.2, 0.25) is 0 Å². The molecule has 3 amide bonds. The summed E-state index contributed by atoms with van der Waals surface area (Å²) in [6.07, 6.45) is 2.11. The lowest BCUT2D eigenvalue weighted by molar-refractivity contribution is -0.118. The second kappa shape index (κ2) is 8.77. The summed E-state index contributed by atoms with van der Waals surface area (Å²) in [5.74, 6) is -0.480. The number of imide groups is 1. The maximum atomic E-state index is 13.2. The molecule has 2 aromatic carbocycles. The fourth-order valence-corrected chi connectivity index (χ4v) is 7.67. The molecule has 1 fully saturated rings. The van der Waals surface area contributed by atoms with E-state index in [4.69, 9.17) is 0 Å². The van der Waals surface area contributed by atoms with Gasteiger partial charge in [0, 0.05) is 23.9 Å². The smallest absolute Gasteiger partial charge is 0.267 e. The Morgan fingerprint density at radius 3 is 2.28 bits per heavy atom. The van der Waals surface area contributed by atoms with Gasteiger partial charge in [0.2, 0.25) is 5.91 Å². The molecule has 0 radical (unpaired) electrons. The number of benzene rings is 2. The van der Waals surface area contributed by atoms with Crippen molar-refractivity contribution in [1.82, 2.24) is 10.3 Å². The molecule has 0 bridgehead atoms. The Kier molecular flexibility index (Phi) is 6.30. The first kappa shape index (κ1) is 23.0. The molecule has 1 saturated carbocycles. The molecule has 2 heterocycles. The van der Waals surface area contributed by atoms with Crippen LogP contribution in [0.5, 0.6) is 0 Å². The van der Waals surface area contributed by atoms with E-state index in [1.165, 1.54) is 28.0 Å². The van der Waals surface area contributed by atoms with E-state index in [0.29, 0.717) is 46.5 Å². The second-order valence-electron chi connectivity index (χ2n) is 7.21. The van der Waals surface area contributed by atoms with E-state index in [-0.39, 0.29) is 5.91 Å². The van der Waals surface area contributed by atoms with Crippen LogP contribution in [0.15, 0.2) is 40.4 Å². The summed E-state index contributed by atoms with van der Waals surface area (Å²) < 4.78 is 3.94. The summed E-state index contributed by atoms with van der Waals surface area (Å²) in [7, 11) is 0. The van der Waals surface area contributed by atoms with Gasteiger partial charge in [-0.25, -0.2) is 9.88 Å². The van der Waals surface area contributed by atoms with E-state index in [2.05, 4.69) is 74.0 Å². The van der Waals surface area contributed by atoms with Crippen molar-refractivity contribution in [3.8, 4) is 0 Å². The van der Waals surface area contributed by atoms with E-state index >= 15 is 0 Å². The van der Waals surface area contributed by atoms with Crippen molar-refractivity contribution < 1.29 is 14.4 Å². The average Bonchev–Trinajstić information content (AvgIpc) is 3.41. The lowest BCUT2D eigenvalue weighted by Crippen LogP contribution is -2.29. The Balaban J connectivity index is 1.44. The number of carbonyl (C=O) groups excluding carboxylic acids is 3. The first-order valence-corrected chi connectivity index (χ1v) is 14.3. The number of nitrogens with zero attached hydrogens (tertiary/aromatic N) is 2. The van der Waals surface area contributed by atoms with Crippen LogP contribution in [0.3, 0.4) is 0 Å². The number of thiazole rings is 1. The first-order valence-electron chi connectivity index (χ1n) is 9.33. The van der Waals surface area contributed by atoms with Gasteiger partial charge in [0.05, 0.1) is 32.8 Å². The molecule has 1 aromatic heterocycles. The van der Waals surface area contributed by atoms with Crippen LogP contribution >= 0.6 is 86.8 Å². The molecule has 12 heteroatoms. The minimum absolute atomic E-state index is 0.0111. The minimum atomic E-state index is -0.402. The fourth-order valence-electron chi connectivity index (χ4n) is 3.30. The molecule has 5 rings (SSSR count). The predicted molar refractivity (Wildman–Crippen MR) is 140 cm³/mol. The van der Waals surface area contributed by atoms with Gasteiger partial charge in [0.25, 0.3) is 11.8 Å². The van der Waals surface area contributed by atoms with Gasteiger partial charge in [-0.3, -0.25) is 14.4 Å². The number of nitrogens with one attached hydrogen (secondary N) is 1. The second-order valence-corrected chi connectivity index (χ2v) is 12.6. The zero-order valence-electron chi connectivity index (χ0n) is 15.9. The zero-order chi connectivity index (χ0) is 22.7. The monoisotopic (exact) mass is 721 g/mol. The van der Waals surface area contributed by atoms with Crippen LogP contribution in [-0.2, 0) is 4.79 Å². The SMILES string of the molecule is O=C(CSc1nc2ccc(N3C(=O)c4c(Br)c(Br)c(Br)c(Br)c4C3=O)cc2s1)NC1CC1. The summed E-state index contributed by atoms with van der Waals surface area (Å²) in [5.41, 5.74) is 1.84. The molecule has 6 nitrogen and oxygen atoms in total. The van der Waals surface area contributed by atoms with E-state index < -0.39 is 11.8 Å². The lowest BCUT2D eigenvalue weighted by atomic mass is 10.1. The molecule has 0 saturated heterocycles. The third-order valence-corrected chi connectivity index (χ3v) is 11.9. The highest BCUT2D eigenvalue weighted by molar-refractivity contribution is 9.15. The summed E-state index contributed by atoms with van der Waals surface area (Å²) in [4.78, 5) is 44.1. The van der Waals surface area contributed by atoms with Gasteiger partial charge in [0.1, 0.15) is 0 Å². The van der Waals surface area contributed by atoms with Gasteiger partial charge in [0.15, 0.2) is 4.34 Å². The van der Waals surface area contributed by atoms with Crippen LogP contribution in [0.4, 0.5) is 5.69 Å². The number of amides is 3. The van der Waals surface area contributed by atoms with Crippen LogP contribution in [0.1, 0.15) is 33.6 Å². The topological polar surface area (TPSA) is 79.4 Å². The summed E-state index contributed by atoms with van der Waals surface area (Å²) in [5, 5.41) is 2.96. The van der Waals surface area contributed by atoms with Crippen LogP contribution < -0.4 is 10.2 Å². The summed E-state index contributed by atoms with van der Waals surface area (Å²) in [6, 6.07) is 5.62.